The maximum Gasteiger partial charge on any atom is 0.307 e. The van der Waals surface area contributed by atoms with Gasteiger partial charge in [-0.25, -0.2) is 4.98 Å². The SMILES string of the molecule is O=C(O)Cc1ccc(Nc2nc(Nc3cc(C4CC4)n[nH]3)c3ccccc3n2)cc1. The van der Waals surface area contributed by atoms with Crippen molar-refractivity contribution in [1.82, 2.24) is 20.2 Å². The van der Waals surface area contributed by atoms with E-state index in [4.69, 9.17) is 5.11 Å². The molecule has 0 amide bonds. The predicted octanol–water partition coefficient (Wildman–Crippen LogP) is 4.34. The second-order valence-electron chi connectivity index (χ2n) is 7.41. The van der Waals surface area contributed by atoms with Crippen LogP contribution in [0.25, 0.3) is 10.9 Å². The van der Waals surface area contributed by atoms with Gasteiger partial charge in [0, 0.05) is 23.1 Å². The highest BCUT2D eigenvalue weighted by Gasteiger charge is 2.26. The van der Waals surface area contributed by atoms with E-state index >= 15 is 0 Å². The standard InChI is InChI=1S/C22H20N6O2/c29-20(30)11-13-5-9-15(10-6-13)23-22-24-17-4-2-1-3-16(17)21(26-22)25-19-12-18(27-28-19)14-7-8-14/h1-6,9-10,12,14H,7-8,11H2,(H,29,30)(H3,23,24,25,26,27,28). The number of carboxylic acid groups (broad SMARTS) is 1. The second kappa shape index (κ2) is 7.47. The lowest BCUT2D eigenvalue weighted by atomic mass is 10.1. The zero-order chi connectivity index (χ0) is 20.5. The third kappa shape index (κ3) is 3.93. The van der Waals surface area contributed by atoms with Crippen molar-refractivity contribution in [3.8, 4) is 0 Å². The lowest BCUT2D eigenvalue weighted by molar-refractivity contribution is -0.136. The van der Waals surface area contributed by atoms with Crippen LogP contribution in [0.2, 0.25) is 0 Å². The fraction of sp³-hybridized carbons (Fsp3) is 0.182. The summed E-state index contributed by atoms with van der Waals surface area (Å²) in [7, 11) is 0. The van der Waals surface area contributed by atoms with E-state index in [0.29, 0.717) is 17.7 Å². The van der Waals surface area contributed by atoms with Gasteiger partial charge >= 0.3 is 5.97 Å². The van der Waals surface area contributed by atoms with E-state index in [-0.39, 0.29) is 6.42 Å². The molecule has 0 atom stereocenters. The maximum absolute atomic E-state index is 10.8. The molecule has 2 aromatic heterocycles. The summed E-state index contributed by atoms with van der Waals surface area (Å²) in [5.74, 6) is 1.64. The largest absolute Gasteiger partial charge is 0.481 e. The topological polar surface area (TPSA) is 116 Å². The summed E-state index contributed by atoms with van der Waals surface area (Å²) < 4.78 is 0. The Bertz CT molecular complexity index is 1210. The fourth-order valence-electron chi connectivity index (χ4n) is 3.35. The Morgan fingerprint density at radius 2 is 1.87 bits per heavy atom. The molecule has 0 radical (unpaired) electrons. The van der Waals surface area contributed by atoms with Gasteiger partial charge in [-0.1, -0.05) is 24.3 Å². The van der Waals surface area contributed by atoms with Crippen LogP contribution in [0, 0.1) is 0 Å². The van der Waals surface area contributed by atoms with E-state index in [1.807, 2.05) is 42.5 Å². The molecule has 0 spiro atoms. The molecular formula is C22H20N6O2. The Morgan fingerprint density at radius 3 is 2.63 bits per heavy atom. The van der Waals surface area contributed by atoms with E-state index in [1.165, 1.54) is 12.8 Å². The number of para-hydroxylation sites is 1. The quantitative estimate of drug-likeness (QED) is 0.364. The number of fused-ring (bicyclic) bond motifs is 1. The van der Waals surface area contributed by atoms with Gasteiger partial charge in [0.15, 0.2) is 0 Å². The summed E-state index contributed by atoms with van der Waals surface area (Å²) in [6.07, 6.45) is 2.38. The predicted molar refractivity (Wildman–Crippen MR) is 114 cm³/mol. The fourth-order valence-corrected chi connectivity index (χ4v) is 3.35. The molecule has 1 fully saturated rings. The highest BCUT2D eigenvalue weighted by atomic mass is 16.4. The summed E-state index contributed by atoms with van der Waals surface area (Å²) in [6.45, 7) is 0. The van der Waals surface area contributed by atoms with Crippen LogP contribution in [0.5, 0.6) is 0 Å². The van der Waals surface area contributed by atoms with Crippen molar-refractivity contribution in [2.75, 3.05) is 10.6 Å². The van der Waals surface area contributed by atoms with Gasteiger partial charge in [-0.05, 0) is 42.7 Å². The molecule has 150 valence electrons. The number of nitrogens with zero attached hydrogens (tertiary/aromatic N) is 3. The molecule has 5 rings (SSSR count). The second-order valence-corrected chi connectivity index (χ2v) is 7.41. The number of benzene rings is 2. The molecule has 0 saturated heterocycles. The van der Waals surface area contributed by atoms with Crippen molar-refractivity contribution in [1.29, 1.82) is 0 Å². The maximum atomic E-state index is 10.8. The first-order valence-corrected chi connectivity index (χ1v) is 9.81. The number of hydrogen-bond acceptors (Lipinski definition) is 6. The number of nitrogens with one attached hydrogen (secondary N) is 3. The zero-order valence-electron chi connectivity index (χ0n) is 16.1. The van der Waals surface area contributed by atoms with Crippen LogP contribution in [0.3, 0.4) is 0 Å². The molecule has 2 aromatic carbocycles. The number of H-pyrrole nitrogens is 1. The minimum atomic E-state index is -0.854. The van der Waals surface area contributed by atoms with Gasteiger partial charge in [0.1, 0.15) is 11.6 Å². The third-order valence-corrected chi connectivity index (χ3v) is 5.02. The van der Waals surface area contributed by atoms with Crippen LogP contribution in [-0.2, 0) is 11.2 Å². The molecule has 4 N–H and O–H groups in total. The molecule has 4 aromatic rings. The number of aromatic nitrogens is 4. The molecule has 8 nitrogen and oxygen atoms in total. The van der Waals surface area contributed by atoms with E-state index in [9.17, 15) is 4.79 Å². The van der Waals surface area contributed by atoms with Crippen LogP contribution >= 0.6 is 0 Å². The summed E-state index contributed by atoms with van der Waals surface area (Å²) >= 11 is 0. The molecular weight excluding hydrogens is 380 g/mol. The van der Waals surface area contributed by atoms with Crippen molar-refractivity contribution < 1.29 is 9.90 Å². The first kappa shape index (κ1) is 18.1. The van der Waals surface area contributed by atoms with Crippen LogP contribution < -0.4 is 10.6 Å². The number of hydrogen-bond donors (Lipinski definition) is 4. The highest BCUT2D eigenvalue weighted by Crippen LogP contribution is 2.39. The zero-order valence-corrected chi connectivity index (χ0v) is 16.1. The third-order valence-electron chi connectivity index (χ3n) is 5.02. The summed E-state index contributed by atoms with van der Waals surface area (Å²) in [4.78, 5) is 20.1. The van der Waals surface area contributed by atoms with Gasteiger partial charge in [0.05, 0.1) is 17.6 Å². The van der Waals surface area contributed by atoms with Crippen LogP contribution in [-0.4, -0.2) is 31.2 Å². The van der Waals surface area contributed by atoms with Crippen molar-refractivity contribution in [2.24, 2.45) is 0 Å². The highest BCUT2D eigenvalue weighted by molar-refractivity contribution is 5.91. The van der Waals surface area contributed by atoms with Gasteiger partial charge in [-0.15, -0.1) is 0 Å². The molecule has 1 aliphatic carbocycles. The molecule has 1 aliphatic rings. The summed E-state index contributed by atoms with van der Waals surface area (Å²) in [6, 6.07) is 17.0. The van der Waals surface area contributed by atoms with Crippen molar-refractivity contribution in [2.45, 2.75) is 25.2 Å². The Hall–Kier alpha value is -3.94. The summed E-state index contributed by atoms with van der Waals surface area (Å²) in [5, 5.41) is 23.8. The summed E-state index contributed by atoms with van der Waals surface area (Å²) in [5.41, 5.74) is 3.40. The minimum absolute atomic E-state index is 0.00610. The molecule has 0 bridgehead atoms. The Balaban J connectivity index is 1.43. The van der Waals surface area contributed by atoms with Gasteiger partial charge in [-0.3, -0.25) is 9.89 Å². The van der Waals surface area contributed by atoms with Crippen molar-refractivity contribution >= 4 is 40.1 Å². The number of anilines is 4. The Kier molecular flexibility index (Phi) is 4.51. The first-order valence-electron chi connectivity index (χ1n) is 9.81. The van der Waals surface area contributed by atoms with Crippen molar-refractivity contribution in [3.63, 3.8) is 0 Å². The monoisotopic (exact) mass is 400 g/mol. The number of carbonyl (C=O) groups is 1. The number of aromatic amines is 1. The number of aliphatic carboxylic acids is 1. The van der Waals surface area contributed by atoms with E-state index in [1.54, 1.807) is 12.1 Å². The van der Waals surface area contributed by atoms with E-state index < -0.39 is 5.97 Å². The molecule has 30 heavy (non-hydrogen) atoms. The Labute approximate surface area is 172 Å². The van der Waals surface area contributed by atoms with E-state index in [0.717, 1.165) is 33.7 Å². The smallest absolute Gasteiger partial charge is 0.307 e. The minimum Gasteiger partial charge on any atom is -0.481 e. The molecule has 1 saturated carbocycles. The molecule has 8 heteroatoms. The number of rotatable bonds is 7. The lowest BCUT2D eigenvalue weighted by Crippen LogP contribution is -2.03. The van der Waals surface area contributed by atoms with Gasteiger partial charge in [0.2, 0.25) is 5.95 Å². The first-order chi connectivity index (χ1) is 14.6. The van der Waals surface area contributed by atoms with Crippen LogP contribution in [0.1, 0.15) is 30.0 Å². The molecule has 0 unspecified atom stereocenters. The lowest BCUT2D eigenvalue weighted by Gasteiger charge is -2.11. The Morgan fingerprint density at radius 1 is 1.07 bits per heavy atom. The molecule has 0 aliphatic heterocycles. The number of carboxylic acids is 1. The van der Waals surface area contributed by atoms with Gasteiger partial charge < -0.3 is 15.7 Å². The van der Waals surface area contributed by atoms with Gasteiger partial charge in [0.25, 0.3) is 0 Å². The van der Waals surface area contributed by atoms with E-state index in [2.05, 4.69) is 30.8 Å². The average Bonchev–Trinajstić information content (AvgIpc) is 3.48. The molecule has 2 heterocycles. The van der Waals surface area contributed by atoms with Crippen LogP contribution in [0.4, 0.5) is 23.3 Å². The van der Waals surface area contributed by atoms with Gasteiger partial charge in [-0.2, -0.15) is 10.1 Å². The van der Waals surface area contributed by atoms with Crippen LogP contribution in [0.15, 0.2) is 54.6 Å². The normalized spacial score (nSPS) is 13.3. The average molecular weight is 400 g/mol. The van der Waals surface area contributed by atoms with Crippen molar-refractivity contribution in [3.05, 3.63) is 65.9 Å².